The number of hydrogen-bond acceptors (Lipinski definition) is 5. The van der Waals surface area contributed by atoms with Crippen LogP contribution in [0.15, 0.2) is 70.7 Å². The number of aromatic nitrogens is 1. The van der Waals surface area contributed by atoms with Crippen LogP contribution in [0.2, 0.25) is 0 Å². The molecule has 1 aromatic heterocycles. The zero-order valence-corrected chi connectivity index (χ0v) is 19.6. The van der Waals surface area contributed by atoms with Crippen LogP contribution in [-0.2, 0) is 12.0 Å². The number of hydrazone groups is 1. The molecular formula is C26H29N3O4. The molecule has 0 aliphatic rings. The minimum atomic E-state index is -0.587. The number of methoxy groups -OCH3 is 2. The molecule has 0 fully saturated rings. The molecule has 33 heavy (non-hydrogen) atoms. The first-order chi connectivity index (χ1) is 15.7. The molecule has 3 rings (SSSR count). The van der Waals surface area contributed by atoms with Crippen LogP contribution in [0.25, 0.3) is 0 Å². The highest BCUT2D eigenvalue weighted by Gasteiger charge is 2.14. The van der Waals surface area contributed by atoms with Gasteiger partial charge in [0.1, 0.15) is 5.56 Å². The van der Waals surface area contributed by atoms with Crippen molar-refractivity contribution < 1.29 is 14.3 Å². The van der Waals surface area contributed by atoms with Crippen molar-refractivity contribution >= 4 is 12.1 Å². The maximum absolute atomic E-state index is 12.9. The highest BCUT2D eigenvalue weighted by Crippen LogP contribution is 2.29. The lowest BCUT2D eigenvalue weighted by atomic mass is 9.87. The summed E-state index contributed by atoms with van der Waals surface area (Å²) in [6, 6.07) is 16.6. The molecule has 0 unspecified atom stereocenters. The predicted molar refractivity (Wildman–Crippen MR) is 130 cm³/mol. The third-order valence-electron chi connectivity index (χ3n) is 5.24. The number of para-hydroxylation sites is 1. The molecule has 2 aromatic carbocycles. The second-order valence-corrected chi connectivity index (χ2v) is 8.58. The quantitative estimate of drug-likeness (QED) is 0.439. The molecule has 3 aromatic rings. The fourth-order valence-electron chi connectivity index (χ4n) is 3.38. The zero-order valence-electron chi connectivity index (χ0n) is 19.6. The second-order valence-electron chi connectivity index (χ2n) is 8.58. The van der Waals surface area contributed by atoms with E-state index < -0.39 is 5.91 Å². The Morgan fingerprint density at radius 2 is 1.76 bits per heavy atom. The molecule has 0 spiro atoms. The minimum Gasteiger partial charge on any atom is -0.493 e. The van der Waals surface area contributed by atoms with Crippen LogP contribution in [0.4, 0.5) is 0 Å². The summed E-state index contributed by atoms with van der Waals surface area (Å²) in [5.74, 6) is 0.461. The lowest BCUT2D eigenvalue weighted by molar-refractivity contribution is 0.0953. The maximum Gasteiger partial charge on any atom is 0.276 e. The fraction of sp³-hybridized carbons (Fsp3) is 0.269. The molecule has 0 aliphatic heterocycles. The van der Waals surface area contributed by atoms with E-state index in [1.54, 1.807) is 37.6 Å². The minimum absolute atomic E-state index is 0.0126. The van der Waals surface area contributed by atoms with E-state index >= 15 is 0 Å². The number of benzene rings is 2. The molecule has 0 radical (unpaired) electrons. The van der Waals surface area contributed by atoms with Crippen LogP contribution < -0.4 is 20.5 Å². The summed E-state index contributed by atoms with van der Waals surface area (Å²) in [7, 11) is 3.07. The van der Waals surface area contributed by atoms with Gasteiger partial charge in [-0.2, -0.15) is 5.10 Å². The smallest absolute Gasteiger partial charge is 0.276 e. The molecule has 7 heteroatoms. The monoisotopic (exact) mass is 447 g/mol. The number of carbonyl (C=O) groups is 1. The van der Waals surface area contributed by atoms with Crippen molar-refractivity contribution in [3.63, 3.8) is 0 Å². The fourth-order valence-corrected chi connectivity index (χ4v) is 3.38. The molecule has 1 heterocycles. The second kappa shape index (κ2) is 10.2. The van der Waals surface area contributed by atoms with Crippen LogP contribution in [0.3, 0.4) is 0 Å². The first-order valence-corrected chi connectivity index (χ1v) is 10.6. The summed E-state index contributed by atoms with van der Waals surface area (Å²) in [4.78, 5) is 25.5. The van der Waals surface area contributed by atoms with Gasteiger partial charge in [0.25, 0.3) is 11.5 Å². The average molecular weight is 448 g/mol. The van der Waals surface area contributed by atoms with E-state index in [9.17, 15) is 9.59 Å². The van der Waals surface area contributed by atoms with Gasteiger partial charge in [-0.3, -0.25) is 9.59 Å². The van der Waals surface area contributed by atoms with Crippen LogP contribution in [0, 0.1) is 0 Å². The van der Waals surface area contributed by atoms with Gasteiger partial charge in [-0.05, 0) is 40.8 Å². The van der Waals surface area contributed by atoms with Crippen molar-refractivity contribution in [3.05, 3.63) is 93.4 Å². The standard InChI is InChI=1S/C26H29N3O4/c1-26(2,3)20-13-11-18(12-14-20)17-29-15-7-9-21(25(29)31)24(30)28-27-16-19-8-6-10-22(32-4)23(19)33-5/h6-16H,17H2,1-5H3,(H,28,30)/b27-16-. The summed E-state index contributed by atoms with van der Waals surface area (Å²) in [6.45, 7) is 6.83. The Kier molecular flexibility index (Phi) is 7.33. The summed E-state index contributed by atoms with van der Waals surface area (Å²) in [6.07, 6.45) is 3.11. The van der Waals surface area contributed by atoms with Gasteiger partial charge < -0.3 is 14.0 Å². The Bertz CT molecular complexity index is 1210. The van der Waals surface area contributed by atoms with E-state index in [4.69, 9.17) is 9.47 Å². The first-order valence-electron chi connectivity index (χ1n) is 10.6. The number of pyridine rings is 1. The summed E-state index contributed by atoms with van der Waals surface area (Å²) in [5.41, 5.74) is 4.92. The summed E-state index contributed by atoms with van der Waals surface area (Å²) >= 11 is 0. The van der Waals surface area contributed by atoms with Crippen molar-refractivity contribution in [3.8, 4) is 11.5 Å². The molecule has 1 N–H and O–H groups in total. The highest BCUT2D eigenvalue weighted by molar-refractivity contribution is 5.94. The van der Waals surface area contributed by atoms with Crippen molar-refractivity contribution in [1.29, 1.82) is 0 Å². The molecule has 0 saturated heterocycles. The van der Waals surface area contributed by atoms with E-state index in [0.717, 1.165) is 5.56 Å². The van der Waals surface area contributed by atoms with Gasteiger partial charge in [0, 0.05) is 11.8 Å². The highest BCUT2D eigenvalue weighted by atomic mass is 16.5. The summed E-state index contributed by atoms with van der Waals surface area (Å²) in [5, 5.41) is 3.98. The van der Waals surface area contributed by atoms with Gasteiger partial charge in [-0.15, -0.1) is 0 Å². The number of rotatable bonds is 7. The van der Waals surface area contributed by atoms with E-state index in [0.29, 0.717) is 23.6 Å². The van der Waals surface area contributed by atoms with Crippen LogP contribution in [0.1, 0.15) is 47.8 Å². The number of nitrogens with one attached hydrogen (secondary N) is 1. The van der Waals surface area contributed by atoms with E-state index in [-0.39, 0.29) is 16.5 Å². The molecule has 1 amide bonds. The molecule has 172 valence electrons. The lowest BCUT2D eigenvalue weighted by Crippen LogP contribution is -2.30. The zero-order chi connectivity index (χ0) is 24.0. The Morgan fingerprint density at radius 3 is 2.39 bits per heavy atom. The number of hydrogen-bond donors (Lipinski definition) is 1. The Hall–Kier alpha value is -3.87. The van der Waals surface area contributed by atoms with Gasteiger partial charge in [-0.1, -0.05) is 51.1 Å². The van der Waals surface area contributed by atoms with E-state index in [2.05, 4.69) is 43.4 Å². The first kappa shape index (κ1) is 23.8. The van der Waals surface area contributed by atoms with Crippen LogP contribution in [0.5, 0.6) is 11.5 Å². The van der Waals surface area contributed by atoms with Crippen LogP contribution >= 0.6 is 0 Å². The summed E-state index contributed by atoms with van der Waals surface area (Å²) < 4.78 is 12.1. The van der Waals surface area contributed by atoms with Gasteiger partial charge in [0.05, 0.1) is 27.0 Å². The molecule has 0 saturated carbocycles. The van der Waals surface area contributed by atoms with Crippen molar-refractivity contribution in [1.82, 2.24) is 9.99 Å². The van der Waals surface area contributed by atoms with Gasteiger partial charge in [0.15, 0.2) is 11.5 Å². The van der Waals surface area contributed by atoms with E-state index in [1.807, 2.05) is 12.1 Å². The number of amides is 1. The van der Waals surface area contributed by atoms with Crippen molar-refractivity contribution in [2.45, 2.75) is 32.7 Å². The van der Waals surface area contributed by atoms with E-state index in [1.165, 1.54) is 29.5 Å². The lowest BCUT2D eigenvalue weighted by Gasteiger charge is -2.19. The van der Waals surface area contributed by atoms with Gasteiger partial charge in [0.2, 0.25) is 0 Å². The third kappa shape index (κ3) is 5.68. The maximum atomic E-state index is 12.9. The van der Waals surface area contributed by atoms with Gasteiger partial charge in [-0.25, -0.2) is 5.43 Å². The molecule has 0 bridgehead atoms. The van der Waals surface area contributed by atoms with Crippen LogP contribution in [-0.4, -0.2) is 30.9 Å². The Morgan fingerprint density at radius 1 is 1.03 bits per heavy atom. The topological polar surface area (TPSA) is 81.9 Å². The predicted octanol–water partition coefficient (Wildman–Crippen LogP) is 3.98. The van der Waals surface area contributed by atoms with Gasteiger partial charge >= 0.3 is 0 Å². The molecule has 0 aliphatic carbocycles. The average Bonchev–Trinajstić information content (AvgIpc) is 2.79. The number of nitrogens with zero attached hydrogens (tertiary/aromatic N) is 2. The van der Waals surface area contributed by atoms with Crippen molar-refractivity contribution in [2.24, 2.45) is 5.10 Å². The normalized spacial score (nSPS) is 11.4. The number of ether oxygens (including phenoxy) is 2. The third-order valence-corrected chi connectivity index (χ3v) is 5.24. The molecular weight excluding hydrogens is 418 g/mol. The Balaban J connectivity index is 1.75. The Labute approximate surface area is 193 Å². The number of carbonyl (C=O) groups excluding carboxylic acids is 1. The molecule has 7 nitrogen and oxygen atoms in total. The largest absolute Gasteiger partial charge is 0.493 e. The van der Waals surface area contributed by atoms with Crippen molar-refractivity contribution in [2.75, 3.05) is 14.2 Å². The molecule has 0 atom stereocenters. The SMILES string of the molecule is COc1cccc(/C=N\NC(=O)c2cccn(Cc3ccc(C(C)(C)C)cc3)c2=O)c1OC.